The van der Waals surface area contributed by atoms with Crippen LogP contribution in [-0.2, 0) is 0 Å². The van der Waals surface area contributed by atoms with Gasteiger partial charge in [-0.2, -0.15) is 0 Å². The molecule has 0 saturated heterocycles. The summed E-state index contributed by atoms with van der Waals surface area (Å²) in [4.78, 5) is 0. The zero-order chi connectivity index (χ0) is 16.5. The molecule has 4 aliphatic carbocycles. The summed E-state index contributed by atoms with van der Waals surface area (Å²) in [5.41, 5.74) is 0. The molecule has 2 nitrogen and oxygen atoms in total. The molecular weight excluding hydrogens is 296 g/mol. The van der Waals surface area contributed by atoms with Crippen molar-refractivity contribution in [3.8, 4) is 0 Å². The van der Waals surface area contributed by atoms with E-state index in [1.165, 1.54) is 89.9 Å². The minimum absolute atomic E-state index is 0.186. The standard InChI is InChI=1S/C22H38O2/c23-21-18(15-8-3-1-4-9-15)13-7-12-17-14-19(22(24)20(17)21)16-10-5-2-6-11-16/h15-24H,1-14H2/t17?,18-,19+,20?,21?,22?/m1/s1. The summed E-state index contributed by atoms with van der Waals surface area (Å²) >= 11 is 0. The zero-order valence-electron chi connectivity index (χ0n) is 15.4. The van der Waals surface area contributed by atoms with Gasteiger partial charge in [-0.05, 0) is 48.9 Å². The normalized spacial score (nSPS) is 45.8. The maximum atomic E-state index is 11.3. The number of rotatable bonds is 2. The average Bonchev–Trinajstić information content (AvgIpc) is 2.86. The van der Waals surface area contributed by atoms with E-state index < -0.39 is 0 Å². The van der Waals surface area contributed by atoms with E-state index in [9.17, 15) is 10.2 Å². The molecule has 4 saturated carbocycles. The molecule has 4 unspecified atom stereocenters. The van der Waals surface area contributed by atoms with Crippen molar-refractivity contribution in [1.29, 1.82) is 0 Å². The van der Waals surface area contributed by atoms with Crippen molar-refractivity contribution in [1.82, 2.24) is 0 Å². The molecule has 0 aromatic carbocycles. The largest absolute Gasteiger partial charge is 0.392 e. The first-order chi connectivity index (χ1) is 11.8. The van der Waals surface area contributed by atoms with Gasteiger partial charge in [-0.25, -0.2) is 0 Å². The molecule has 6 atom stereocenters. The van der Waals surface area contributed by atoms with E-state index in [0.717, 1.165) is 11.8 Å². The first-order valence-electron chi connectivity index (χ1n) is 11.1. The Morgan fingerprint density at radius 3 is 1.58 bits per heavy atom. The van der Waals surface area contributed by atoms with Gasteiger partial charge in [0.15, 0.2) is 0 Å². The SMILES string of the molecule is OC1C2C(CCC[C@@H]1C1CCCCC1)C[C@@H](C1CCCCC1)C2O. The van der Waals surface area contributed by atoms with Crippen molar-refractivity contribution in [3.05, 3.63) is 0 Å². The van der Waals surface area contributed by atoms with Crippen LogP contribution in [0.3, 0.4) is 0 Å². The van der Waals surface area contributed by atoms with E-state index in [2.05, 4.69) is 0 Å². The van der Waals surface area contributed by atoms with Crippen LogP contribution in [0.25, 0.3) is 0 Å². The average molecular weight is 335 g/mol. The van der Waals surface area contributed by atoms with E-state index in [1.54, 1.807) is 0 Å². The van der Waals surface area contributed by atoms with Gasteiger partial charge in [-0.1, -0.05) is 70.6 Å². The Morgan fingerprint density at radius 1 is 0.458 bits per heavy atom. The molecule has 0 aromatic rings. The summed E-state index contributed by atoms with van der Waals surface area (Å²) in [6, 6.07) is 0. The van der Waals surface area contributed by atoms with Crippen molar-refractivity contribution >= 4 is 0 Å². The summed E-state index contributed by atoms with van der Waals surface area (Å²) in [5.74, 6) is 3.21. The molecule has 0 amide bonds. The Kier molecular flexibility index (Phi) is 5.53. The Bertz CT molecular complexity index is 397. The first kappa shape index (κ1) is 17.3. The quantitative estimate of drug-likeness (QED) is 0.752. The molecule has 0 spiro atoms. The van der Waals surface area contributed by atoms with Gasteiger partial charge in [0.05, 0.1) is 12.2 Å². The molecule has 0 heterocycles. The minimum Gasteiger partial charge on any atom is -0.392 e. The van der Waals surface area contributed by atoms with Crippen LogP contribution in [-0.4, -0.2) is 22.4 Å². The zero-order valence-corrected chi connectivity index (χ0v) is 15.4. The van der Waals surface area contributed by atoms with E-state index in [4.69, 9.17) is 0 Å². The second kappa shape index (κ2) is 7.66. The highest BCUT2D eigenvalue weighted by atomic mass is 16.3. The molecule has 138 valence electrons. The van der Waals surface area contributed by atoms with Crippen LogP contribution < -0.4 is 0 Å². The molecule has 2 heteroatoms. The maximum Gasteiger partial charge on any atom is 0.0626 e. The Balaban J connectivity index is 1.48. The van der Waals surface area contributed by atoms with Crippen LogP contribution in [0.2, 0.25) is 0 Å². The molecule has 0 aliphatic heterocycles. The monoisotopic (exact) mass is 334 g/mol. The molecule has 4 fully saturated rings. The smallest absolute Gasteiger partial charge is 0.0626 e. The molecule has 0 radical (unpaired) electrons. The molecule has 0 bridgehead atoms. The summed E-state index contributed by atoms with van der Waals surface area (Å²) in [5, 5.41) is 22.5. The van der Waals surface area contributed by atoms with E-state index in [-0.39, 0.29) is 18.1 Å². The topological polar surface area (TPSA) is 40.5 Å². The predicted molar refractivity (Wildman–Crippen MR) is 97.6 cm³/mol. The fraction of sp³-hybridized carbons (Fsp3) is 1.00. The molecule has 2 N–H and O–H groups in total. The second-order valence-electron chi connectivity index (χ2n) is 9.61. The maximum absolute atomic E-state index is 11.3. The lowest BCUT2D eigenvalue weighted by atomic mass is 9.72. The van der Waals surface area contributed by atoms with Gasteiger partial charge in [0.25, 0.3) is 0 Å². The van der Waals surface area contributed by atoms with Crippen molar-refractivity contribution in [3.63, 3.8) is 0 Å². The molecule has 4 rings (SSSR count). The number of fused-ring (bicyclic) bond motifs is 1. The van der Waals surface area contributed by atoms with Gasteiger partial charge in [0.1, 0.15) is 0 Å². The third kappa shape index (κ3) is 3.30. The lowest BCUT2D eigenvalue weighted by molar-refractivity contribution is -0.0492. The van der Waals surface area contributed by atoms with Crippen molar-refractivity contribution in [2.75, 3.05) is 0 Å². The molecule has 4 aliphatic rings. The lowest BCUT2D eigenvalue weighted by Gasteiger charge is -2.37. The first-order valence-corrected chi connectivity index (χ1v) is 11.1. The van der Waals surface area contributed by atoms with Crippen molar-refractivity contribution < 1.29 is 10.2 Å². The van der Waals surface area contributed by atoms with Crippen LogP contribution in [0.1, 0.15) is 89.9 Å². The number of aliphatic hydroxyl groups is 2. The van der Waals surface area contributed by atoms with Gasteiger partial charge in [-0.3, -0.25) is 0 Å². The van der Waals surface area contributed by atoms with E-state index in [1.807, 2.05) is 0 Å². The highest BCUT2D eigenvalue weighted by Gasteiger charge is 2.51. The Morgan fingerprint density at radius 2 is 0.958 bits per heavy atom. The molecule has 24 heavy (non-hydrogen) atoms. The van der Waals surface area contributed by atoms with E-state index in [0.29, 0.717) is 17.8 Å². The van der Waals surface area contributed by atoms with Crippen molar-refractivity contribution in [2.24, 2.45) is 35.5 Å². The third-order valence-corrected chi connectivity index (χ3v) is 8.41. The summed E-state index contributed by atoms with van der Waals surface area (Å²) < 4.78 is 0. The van der Waals surface area contributed by atoms with E-state index >= 15 is 0 Å². The van der Waals surface area contributed by atoms with Gasteiger partial charge in [-0.15, -0.1) is 0 Å². The Hall–Kier alpha value is -0.0800. The van der Waals surface area contributed by atoms with Gasteiger partial charge in [0.2, 0.25) is 0 Å². The summed E-state index contributed by atoms with van der Waals surface area (Å²) in [7, 11) is 0. The van der Waals surface area contributed by atoms with Crippen LogP contribution in [0.15, 0.2) is 0 Å². The second-order valence-corrected chi connectivity index (χ2v) is 9.61. The van der Waals surface area contributed by atoms with Crippen LogP contribution in [0.5, 0.6) is 0 Å². The lowest BCUT2D eigenvalue weighted by Crippen LogP contribution is -2.41. The molecule has 0 aromatic heterocycles. The van der Waals surface area contributed by atoms with Crippen LogP contribution >= 0.6 is 0 Å². The summed E-state index contributed by atoms with van der Waals surface area (Å²) in [6.45, 7) is 0. The molecular formula is C22H38O2. The highest BCUT2D eigenvalue weighted by Crippen LogP contribution is 2.52. The number of hydrogen-bond donors (Lipinski definition) is 2. The fourth-order valence-corrected chi connectivity index (χ4v) is 7.18. The minimum atomic E-state index is -0.232. The van der Waals surface area contributed by atoms with Gasteiger partial charge in [0, 0.05) is 5.92 Å². The number of aliphatic hydroxyl groups excluding tert-OH is 2. The van der Waals surface area contributed by atoms with Gasteiger partial charge < -0.3 is 10.2 Å². The number of hydrogen-bond acceptors (Lipinski definition) is 2. The fourth-order valence-electron chi connectivity index (χ4n) is 7.18. The third-order valence-electron chi connectivity index (χ3n) is 8.41. The Labute approximate surface area is 148 Å². The highest BCUT2D eigenvalue weighted by molar-refractivity contribution is 5.01. The van der Waals surface area contributed by atoms with Gasteiger partial charge >= 0.3 is 0 Å². The van der Waals surface area contributed by atoms with Crippen LogP contribution in [0.4, 0.5) is 0 Å². The van der Waals surface area contributed by atoms with Crippen molar-refractivity contribution in [2.45, 2.75) is 102 Å². The van der Waals surface area contributed by atoms with Crippen LogP contribution in [0, 0.1) is 35.5 Å². The predicted octanol–water partition coefficient (Wildman–Crippen LogP) is 4.92. The summed E-state index contributed by atoms with van der Waals surface area (Å²) in [6.07, 6.45) is 18.0.